The lowest BCUT2D eigenvalue weighted by Gasteiger charge is -2.24. The van der Waals surface area contributed by atoms with E-state index in [9.17, 15) is 9.59 Å². The number of amides is 2. The van der Waals surface area contributed by atoms with E-state index in [1.54, 1.807) is 0 Å². The SMILES string of the molecule is CCCCCCCCCCCCNC(=O)c1ccc2c(c1)C(C)(C)C(=CC=C1CCCC(C=CC3=[N+](C)c4ccc(C(=O)NCCCCCCCCCCCC)cc4C3(C)C)=C1Cl)N2C. The Labute approximate surface area is 400 Å². The van der Waals surface area contributed by atoms with E-state index in [-0.39, 0.29) is 22.6 Å². The summed E-state index contributed by atoms with van der Waals surface area (Å²) in [6.07, 6.45) is 37.5. The molecule has 2 aliphatic heterocycles. The highest BCUT2D eigenvalue weighted by Gasteiger charge is 2.43. The van der Waals surface area contributed by atoms with Gasteiger partial charge in [0.05, 0.1) is 5.41 Å². The fourth-order valence-corrected chi connectivity index (χ4v) is 10.7. The molecule has 0 unspecified atom stereocenters. The molecule has 0 bridgehead atoms. The van der Waals surface area contributed by atoms with E-state index in [1.165, 1.54) is 138 Å². The van der Waals surface area contributed by atoms with Crippen molar-refractivity contribution in [1.82, 2.24) is 10.6 Å². The van der Waals surface area contributed by atoms with Crippen LogP contribution in [-0.2, 0) is 10.8 Å². The van der Waals surface area contributed by atoms with Crippen molar-refractivity contribution in [2.45, 2.75) is 200 Å². The first-order valence-electron chi connectivity index (χ1n) is 26.0. The molecule has 0 fully saturated rings. The van der Waals surface area contributed by atoms with Crippen LogP contribution in [0.2, 0.25) is 0 Å². The second kappa shape index (κ2) is 25.9. The number of unbranched alkanes of at least 4 members (excludes halogenated alkanes) is 18. The summed E-state index contributed by atoms with van der Waals surface area (Å²) in [5.74, 6) is 0.0238. The number of nitrogens with zero attached hydrogens (tertiary/aromatic N) is 2. The number of rotatable bonds is 27. The first kappa shape index (κ1) is 52.1. The molecule has 0 saturated heterocycles. The average molecular weight is 907 g/mol. The normalized spacial score (nSPS) is 17.8. The molecule has 5 rings (SSSR count). The molecule has 6 nitrogen and oxygen atoms in total. The van der Waals surface area contributed by atoms with Crippen molar-refractivity contribution >= 4 is 40.5 Å². The molecule has 3 aliphatic rings. The number of hydrogen-bond acceptors (Lipinski definition) is 3. The highest BCUT2D eigenvalue weighted by molar-refractivity contribution is 6.32. The summed E-state index contributed by atoms with van der Waals surface area (Å²) in [5.41, 5.74) is 10.2. The van der Waals surface area contributed by atoms with Gasteiger partial charge >= 0.3 is 0 Å². The van der Waals surface area contributed by atoms with E-state index in [1.807, 2.05) is 12.1 Å². The number of fused-ring (bicyclic) bond motifs is 2. The van der Waals surface area contributed by atoms with Gasteiger partial charge in [-0.2, -0.15) is 4.58 Å². The van der Waals surface area contributed by atoms with Gasteiger partial charge in [0.15, 0.2) is 5.71 Å². The van der Waals surface area contributed by atoms with Gasteiger partial charge in [-0.05, 0) is 99.1 Å². The van der Waals surface area contributed by atoms with Crippen molar-refractivity contribution in [3.63, 3.8) is 0 Å². The summed E-state index contributed by atoms with van der Waals surface area (Å²) in [5, 5.41) is 7.20. The number of likely N-dealkylation sites (N-methyl/N-ethyl adjacent to an activating group) is 1. The van der Waals surface area contributed by atoms with Crippen molar-refractivity contribution in [2.75, 3.05) is 32.1 Å². The van der Waals surface area contributed by atoms with Crippen LogP contribution in [0.4, 0.5) is 11.4 Å². The fraction of sp³-hybridized carbons (Fsp3) is 0.603. The van der Waals surface area contributed by atoms with Crippen LogP contribution < -0.4 is 15.5 Å². The number of nitrogens with one attached hydrogen (secondary N) is 2. The summed E-state index contributed by atoms with van der Waals surface area (Å²) < 4.78 is 2.26. The van der Waals surface area contributed by atoms with Gasteiger partial charge in [-0.25, -0.2) is 0 Å². The molecule has 0 spiro atoms. The molecule has 0 saturated carbocycles. The molecule has 0 aromatic heterocycles. The Hall–Kier alpha value is -3.90. The van der Waals surface area contributed by atoms with E-state index < -0.39 is 0 Å². The maximum absolute atomic E-state index is 13.3. The Morgan fingerprint density at radius 1 is 0.646 bits per heavy atom. The maximum atomic E-state index is 13.3. The van der Waals surface area contributed by atoms with Gasteiger partial charge in [0, 0.05) is 70.8 Å². The zero-order chi connectivity index (χ0) is 46.8. The quantitative estimate of drug-likeness (QED) is 0.0693. The molecule has 2 amide bonds. The first-order valence-corrected chi connectivity index (χ1v) is 26.4. The minimum atomic E-state index is -0.279. The molecule has 356 valence electrons. The number of carbonyl (C=O) groups excluding carboxylic acids is 2. The summed E-state index contributed by atoms with van der Waals surface area (Å²) in [4.78, 5) is 28.8. The summed E-state index contributed by atoms with van der Waals surface area (Å²) in [6, 6.07) is 12.3. The van der Waals surface area contributed by atoms with Crippen LogP contribution in [-0.4, -0.2) is 49.3 Å². The van der Waals surface area contributed by atoms with Crippen LogP contribution in [0.5, 0.6) is 0 Å². The number of hydrogen-bond donors (Lipinski definition) is 2. The molecule has 2 aromatic carbocycles. The third kappa shape index (κ3) is 14.1. The largest absolute Gasteiger partial charge is 0.352 e. The highest BCUT2D eigenvalue weighted by Crippen LogP contribution is 2.48. The second-order valence-corrected chi connectivity index (χ2v) is 20.7. The molecular weight excluding hydrogens is 820 g/mol. The Morgan fingerprint density at radius 2 is 1.14 bits per heavy atom. The van der Waals surface area contributed by atoms with E-state index in [2.05, 4.69) is 124 Å². The zero-order valence-electron chi connectivity index (χ0n) is 42.0. The minimum absolute atomic E-state index is 0.0119. The summed E-state index contributed by atoms with van der Waals surface area (Å²) in [6.45, 7) is 15.0. The number of carbonyl (C=O) groups is 2. The van der Waals surface area contributed by atoms with Gasteiger partial charge < -0.3 is 15.5 Å². The van der Waals surface area contributed by atoms with Gasteiger partial charge in [0.25, 0.3) is 11.8 Å². The van der Waals surface area contributed by atoms with Crippen LogP contribution in [0.3, 0.4) is 0 Å². The van der Waals surface area contributed by atoms with Crippen molar-refractivity contribution in [1.29, 1.82) is 0 Å². The lowest BCUT2D eigenvalue weighted by atomic mass is 9.80. The molecule has 65 heavy (non-hydrogen) atoms. The molecular formula is C58H86ClN4O2+. The van der Waals surface area contributed by atoms with Crippen LogP contribution in [0, 0.1) is 0 Å². The predicted molar refractivity (Wildman–Crippen MR) is 279 cm³/mol. The highest BCUT2D eigenvalue weighted by atomic mass is 35.5. The van der Waals surface area contributed by atoms with E-state index in [4.69, 9.17) is 11.6 Å². The molecule has 0 radical (unpaired) electrons. The van der Waals surface area contributed by atoms with Crippen molar-refractivity contribution < 1.29 is 14.2 Å². The Morgan fingerprint density at radius 3 is 1.68 bits per heavy atom. The standard InChI is InChI=1S/C58H85ClN4O2/c1-9-11-13-15-17-19-21-23-25-27-40-60-55(64)46-32-36-50-48(42-46)57(3,4)52(62(50)7)38-34-44-30-29-31-45(54(44)59)35-39-53-58(5,6)49-43-47(33-37-51(49)63(53)8)56(65)61-41-28-26-24-22-20-18-16-14-12-10-2/h32-39,42-43H,9-31,40-41H2,1-8H3,(H-,60,61,64,65)/p+1. The van der Waals surface area contributed by atoms with Gasteiger partial charge in [-0.3, -0.25) is 9.59 Å². The number of halogens is 1. The smallest absolute Gasteiger partial charge is 0.251 e. The Bertz CT molecular complexity index is 2070. The number of anilines is 1. The van der Waals surface area contributed by atoms with E-state index >= 15 is 0 Å². The lowest BCUT2D eigenvalue weighted by Crippen LogP contribution is -2.28. The topological polar surface area (TPSA) is 64.5 Å². The van der Waals surface area contributed by atoms with Crippen LogP contribution >= 0.6 is 11.6 Å². The summed E-state index contributed by atoms with van der Waals surface area (Å²) in [7, 11) is 4.25. The lowest BCUT2D eigenvalue weighted by molar-refractivity contribution is -0.401. The first-order chi connectivity index (χ1) is 31.3. The predicted octanol–water partition coefficient (Wildman–Crippen LogP) is 15.5. The van der Waals surface area contributed by atoms with Crippen molar-refractivity contribution in [3.8, 4) is 0 Å². The zero-order valence-corrected chi connectivity index (χ0v) is 42.8. The molecule has 7 heteroatoms. The van der Waals surface area contributed by atoms with E-state index in [0.717, 1.165) is 83.9 Å². The molecule has 2 aromatic rings. The van der Waals surface area contributed by atoms with Crippen LogP contribution in [0.1, 0.15) is 221 Å². The van der Waals surface area contributed by atoms with Crippen LogP contribution in [0.15, 0.2) is 82.6 Å². The fourth-order valence-electron chi connectivity index (χ4n) is 10.4. The number of allylic oxidation sites excluding steroid dienone is 8. The Kier molecular flexibility index (Phi) is 20.7. The van der Waals surface area contributed by atoms with E-state index in [0.29, 0.717) is 0 Å². The monoisotopic (exact) mass is 906 g/mol. The molecule has 0 atom stereocenters. The molecule has 1 aliphatic carbocycles. The second-order valence-electron chi connectivity index (χ2n) is 20.4. The van der Waals surface area contributed by atoms with Gasteiger partial charge in [0.1, 0.15) is 7.05 Å². The Balaban J connectivity index is 1.15. The van der Waals surface area contributed by atoms with Crippen molar-refractivity contribution in [3.05, 3.63) is 105 Å². The van der Waals surface area contributed by atoms with Gasteiger partial charge in [0.2, 0.25) is 5.69 Å². The number of benzene rings is 2. The summed E-state index contributed by atoms with van der Waals surface area (Å²) >= 11 is 7.24. The average Bonchev–Trinajstić information content (AvgIpc) is 3.61. The van der Waals surface area contributed by atoms with Gasteiger partial charge in [-0.1, -0.05) is 167 Å². The molecule has 2 heterocycles. The third-order valence-electron chi connectivity index (χ3n) is 14.6. The van der Waals surface area contributed by atoms with Crippen molar-refractivity contribution in [2.24, 2.45) is 0 Å². The molecule has 2 N–H and O–H groups in total. The maximum Gasteiger partial charge on any atom is 0.251 e. The van der Waals surface area contributed by atoms with Gasteiger partial charge in [-0.15, -0.1) is 0 Å². The minimum Gasteiger partial charge on any atom is -0.352 e. The van der Waals surface area contributed by atoms with Crippen LogP contribution in [0.25, 0.3) is 0 Å². The third-order valence-corrected chi connectivity index (χ3v) is 15.0.